The van der Waals surface area contributed by atoms with Crippen LogP contribution in [0.25, 0.3) is 0 Å². The van der Waals surface area contributed by atoms with Crippen molar-refractivity contribution in [2.75, 3.05) is 0 Å². The highest BCUT2D eigenvalue weighted by Crippen LogP contribution is 2.28. The monoisotopic (exact) mass is 364 g/mol. The van der Waals surface area contributed by atoms with Crippen LogP contribution >= 0.6 is 11.6 Å². The summed E-state index contributed by atoms with van der Waals surface area (Å²) in [6, 6.07) is 12.3. The van der Waals surface area contributed by atoms with Gasteiger partial charge in [-0.1, -0.05) is 35.9 Å². The number of benzene rings is 2. The molecule has 0 aliphatic carbocycles. The molecule has 0 aromatic heterocycles. The summed E-state index contributed by atoms with van der Waals surface area (Å²) in [5, 5.41) is 9.66. The zero-order chi connectivity index (χ0) is 17.3. The molecule has 0 fully saturated rings. The van der Waals surface area contributed by atoms with Gasteiger partial charge in [0.25, 0.3) is 10.0 Å². The SMILES string of the molecule is O=C(O)C[C@H](N=C1NS(=O)(=O)c2ccccc21)c1ccc(Cl)cc1. The maximum Gasteiger partial charge on any atom is 0.305 e. The van der Waals surface area contributed by atoms with Crippen LogP contribution in [0.3, 0.4) is 0 Å². The molecule has 1 atom stereocenters. The molecule has 1 heterocycles. The summed E-state index contributed by atoms with van der Waals surface area (Å²) in [5.41, 5.74) is 1.07. The predicted octanol–water partition coefficient (Wildman–Crippen LogP) is 2.59. The summed E-state index contributed by atoms with van der Waals surface area (Å²) in [7, 11) is -3.67. The zero-order valence-corrected chi connectivity index (χ0v) is 13.9. The highest BCUT2D eigenvalue weighted by molar-refractivity contribution is 7.90. The Balaban J connectivity index is 2.06. The van der Waals surface area contributed by atoms with E-state index in [9.17, 15) is 13.2 Å². The number of hydrogen-bond acceptors (Lipinski definition) is 4. The second kappa shape index (κ2) is 6.26. The molecule has 0 saturated heterocycles. The lowest BCUT2D eigenvalue weighted by molar-refractivity contribution is -0.137. The number of nitrogens with one attached hydrogen (secondary N) is 1. The fraction of sp³-hybridized carbons (Fsp3) is 0.125. The van der Waals surface area contributed by atoms with Crippen LogP contribution in [0.2, 0.25) is 5.02 Å². The van der Waals surface area contributed by atoms with E-state index in [1.807, 2.05) is 0 Å². The summed E-state index contributed by atoms with van der Waals surface area (Å²) in [6.45, 7) is 0. The van der Waals surface area contributed by atoms with Gasteiger partial charge in [-0.15, -0.1) is 0 Å². The van der Waals surface area contributed by atoms with Crippen LogP contribution in [0, 0.1) is 0 Å². The van der Waals surface area contributed by atoms with Gasteiger partial charge in [0.2, 0.25) is 0 Å². The number of carboxylic acids is 1. The molecule has 1 aliphatic heterocycles. The molecule has 0 saturated carbocycles. The number of aliphatic imine (C=N–C) groups is 1. The van der Waals surface area contributed by atoms with E-state index < -0.39 is 22.0 Å². The van der Waals surface area contributed by atoms with Crippen molar-refractivity contribution in [1.82, 2.24) is 4.72 Å². The summed E-state index contributed by atoms with van der Waals surface area (Å²) in [5.74, 6) is -0.889. The first-order valence-electron chi connectivity index (χ1n) is 7.04. The molecule has 0 bridgehead atoms. The Morgan fingerprint density at radius 2 is 1.83 bits per heavy atom. The second-order valence-electron chi connectivity index (χ2n) is 5.24. The Kier molecular flexibility index (Phi) is 4.29. The van der Waals surface area contributed by atoms with Gasteiger partial charge in [0, 0.05) is 10.6 Å². The number of amidine groups is 1. The van der Waals surface area contributed by atoms with Crippen molar-refractivity contribution in [3.05, 3.63) is 64.7 Å². The van der Waals surface area contributed by atoms with Gasteiger partial charge < -0.3 is 5.11 Å². The molecule has 2 aromatic carbocycles. The lowest BCUT2D eigenvalue weighted by atomic mass is 10.0. The third-order valence-electron chi connectivity index (χ3n) is 3.57. The molecular formula is C16H13ClN2O4S. The summed E-state index contributed by atoms with van der Waals surface area (Å²) >= 11 is 5.85. The maximum absolute atomic E-state index is 12.1. The quantitative estimate of drug-likeness (QED) is 0.871. The van der Waals surface area contributed by atoms with Gasteiger partial charge in [-0.25, -0.2) is 8.42 Å². The van der Waals surface area contributed by atoms with Gasteiger partial charge in [-0.3, -0.25) is 14.5 Å². The molecule has 0 spiro atoms. The lowest BCUT2D eigenvalue weighted by Gasteiger charge is -2.12. The molecule has 2 aromatic rings. The highest BCUT2D eigenvalue weighted by Gasteiger charge is 2.31. The molecule has 3 rings (SSSR count). The van der Waals surface area contributed by atoms with E-state index in [2.05, 4.69) is 9.71 Å². The lowest BCUT2D eigenvalue weighted by Crippen LogP contribution is -2.23. The Hall–Kier alpha value is -2.38. The van der Waals surface area contributed by atoms with E-state index in [0.29, 0.717) is 16.1 Å². The van der Waals surface area contributed by atoms with Crippen molar-refractivity contribution >= 4 is 33.4 Å². The fourth-order valence-corrected chi connectivity index (χ4v) is 3.84. The summed E-state index contributed by atoms with van der Waals surface area (Å²) < 4.78 is 26.6. The molecule has 6 nitrogen and oxygen atoms in total. The van der Waals surface area contributed by atoms with Crippen LogP contribution in [0.4, 0.5) is 0 Å². The number of carboxylic acid groups (broad SMARTS) is 1. The first-order valence-corrected chi connectivity index (χ1v) is 8.90. The highest BCUT2D eigenvalue weighted by atomic mass is 35.5. The third-order valence-corrected chi connectivity index (χ3v) is 5.22. The van der Waals surface area contributed by atoms with Crippen LogP contribution in [0.15, 0.2) is 58.4 Å². The van der Waals surface area contributed by atoms with Gasteiger partial charge in [-0.05, 0) is 29.8 Å². The molecule has 0 amide bonds. The van der Waals surface area contributed by atoms with E-state index in [4.69, 9.17) is 16.7 Å². The second-order valence-corrected chi connectivity index (χ2v) is 7.33. The Morgan fingerprint density at radius 3 is 2.50 bits per heavy atom. The molecule has 124 valence electrons. The first kappa shape index (κ1) is 16.5. The Morgan fingerprint density at radius 1 is 1.17 bits per heavy atom. The van der Waals surface area contributed by atoms with Crippen LogP contribution in [0.5, 0.6) is 0 Å². The van der Waals surface area contributed by atoms with Gasteiger partial charge in [0.05, 0.1) is 17.4 Å². The number of sulfonamides is 1. The van der Waals surface area contributed by atoms with Crippen LogP contribution in [0.1, 0.15) is 23.6 Å². The van der Waals surface area contributed by atoms with Crippen LogP contribution < -0.4 is 4.72 Å². The van der Waals surface area contributed by atoms with Gasteiger partial charge >= 0.3 is 5.97 Å². The number of halogens is 1. The van der Waals surface area contributed by atoms with Crippen molar-refractivity contribution in [1.29, 1.82) is 0 Å². The molecule has 0 radical (unpaired) electrons. The molecule has 2 N–H and O–H groups in total. The van der Waals surface area contributed by atoms with Crippen molar-refractivity contribution in [2.45, 2.75) is 17.4 Å². The minimum atomic E-state index is -3.67. The van der Waals surface area contributed by atoms with Crippen molar-refractivity contribution in [2.24, 2.45) is 4.99 Å². The number of aliphatic carboxylic acids is 1. The van der Waals surface area contributed by atoms with E-state index in [1.54, 1.807) is 42.5 Å². The minimum Gasteiger partial charge on any atom is -0.481 e. The van der Waals surface area contributed by atoms with Crippen molar-refractivity contribution in [3.63, 3.8) is 0 Å². The molecule has 1 aliphatic rings. The number of carbonyl (C=O) groups is 1. The third kappa shape index (κ3) is 3.27. The Bertz CT molecular complexity index is 923. The van der Waals surface area contributed by atoms with E-state index in [0.717, 1.165) is 0 Å². The van der Waals surface area contributed by atoms with Crippen molar-refractivity contribution in [3.8, 4) is 0 Å². The molecule has 0 unspecified atom stereocenters. The van der Waals surface area contributed by atoms with Crippen LogP contribution in [-0.2, 0) is 14.8 Å². The maximum atomic E-state index is 12.1. The topological polar surface area (TPSA) is 95.8 Å². The average Bonchev–Trinajstić information content (AvgIpc) is 2.78. The molecular weight excluding hydrogens is 352 g/mol. The van der Waals surface area contributed by atoms with E-state index in [-0.39, 0.29) is 17.2 Å². The minimum absolute atomic E-state index is 0.133. The standard InChI is InChI=1S/C16H13ClN2O4S/c17-11-7-5-10(6-8-11)13(9-15(20)21)18-16-12-3-1-2-4-14(12)24(22,23)19-16/h1-8,13H,9H2,(H,18,19)(H,20,21)/t13-/m0/s1. The van der Waals surface area contributed by atoms with E-state index >= 15 is 0 Å². The van der Waals surface area contributed by atoms with Gasteiger partial charge in [0.1, 0.15) is 5.84 Å². The fourth-order valence-electron chi connectivity index (χ4n) is 2.47. The smallest absolute Gasteiger partial charge is 0.305 e. The molecule has 8 heteroatoms. The number of fused-ring (bicyclic) bond motifs is 1. The van der Waals surface area contributed by atoms with Gasteiger partial charge in [-0.2, -0.15) is 0 Å². The molecule has 24 heavy (non-hydrogen) atoms. The Labute approximate surface area is 143 Å². The van der Waals surface area contributed by atoms with Crippen molar-refractivity contribution < 1.29 is 18.3 Å². The predicted molar refractivity (Wildman–Crippen MR) is 89.7 cm³/mol. The van der Waals surface area contributed by atoms with E-state index in [1.165, 1.54) is 6.07 Å². The summed E-state index contributed by atoms with van der Waals surface area (Å²) in [4.78, 5) is 15.7. The number of nitrogens with zero attached hydrogens (tertiary/aromatic N) is 1. The normalized spacial score (nSPS) is 18.0. The summed E-state index contributed by atoms with van der Waals surface area (Å²) in [6.07, 6.45) is -0.269. The largest absolute Gasteiger partial charge is 0.481 e. The number of rotatable bonds is 4. The van der Waals surface area contributed by atoms with Gasteiger partial charge in [0.15, 0.2) is 0 Å². The zero-order valence-electron chi connectivity index (χ0n) is 12.3. The average molecular weight is 365 g/mol. The first-order chi connectivity index (χ1) is 11.4. The number of hydrogen-bond donors (Lipinski definition) is 2. The van der Waals surface area contributed by atoms with Crippen LogP contribution in [-0.4, -0.2) is 25.3 Å².